The van der Waals surface area contributed by atoms with Crippen LogP contribution in [0.5, 0.6) is 0 Å². The minimum Gasteiger partial charge on any atom is -0.481 e. The number of hydrogen-bond donors (Lipinski definition) is 4. The minimum atomic E-state index is -0.614. The first-order valence-corrected chi connectivity index (χ1v) is 20.4. The molecule has 4 N–H and O–H groups in total. The number of anilines is 2. The van der Waals surface area contributed by atoms with Crippen molar-refractivity contribution in [2.45, 2.75) is 90.3 Å². The van der Waals surface area contributed by atoms with Crippen LogP contribution in [-0.2, 0) is 37.8 Å². The molecule has 2 aromatic heterocycles. The Balaban J connectivity index is 0.888. The molecule has 2 fully saturated rings. The van der Waals surface area contributed by atoms with Gasteiger partial charge in [0.05, 0.1) is 23.4 Å². The summed E-state index contributed by atoms with van der Waals surface area (Å²) in [5.41, 5.74) is 8.81. The first-order chi connectivity index (χ1) is 27.1. The summed E-state index contributed by atoms with van der Waals surface area (Å²) in [5.74, 6) is -0.584. The fourth-order valence-electron chi connectivity index (χ4n) is 10.6. The van der Waals surface area contributed by atoms with Crippen LogP contribution in [0, 0.1) is 17.8 Å². The van der Waals surface area contributed by atoms with E-state index in [0.29, 0.717) is 37.6 Å². The van der Waals surface area contributed by atoms with Crippen molar-refractivity contribution in [2.24, 2.45) is 17.9 Å². The number of nitrogens with zero attached hydrogens (tertiary/aromatic N) is 6. The van der Waals surface area contributed by atoms with Gasteiger partial charge in [0.2, 0.25) is 0 Å². The summed E-state index contributed by atoms with van der Waals surface area (Å²) in [7, 11) is 1.92. The predicted molar refractivity (Wildman–Crippen MR) is 212 cm³/mol. The predicted octanol–water partition coefficient (Wildman–Crippen LogP) is 5.25. The van der Waals surface area contributed by atoms with E-state index in [1.807, 2.05) is 58.5 Å². The number of aliphatic hydroxyl groups excluding tert-OH is 1. The summed E-state index contributed by atoms with van der Waals surface area (Å²) in [6.07, 6.45) is 8.90. The Morgan fingerprint density at radius 3 is 2.59 bits per heavy atom. The fourth-order valence-corrected chi connectivity index (χ4v) is 10.6. The number of fused-ring (bicyclic) bond motifs is 5. The van der Waals surface area contributed by atoms with E-state index in [0.717, 1.165) is 128 Å². The van der Waals surface area contributed by atoms with E-state index in [9.17, 15) is 24.6 Å². The van der Waals surface area contributed by atoms with Crippen LogP contribution in [0.15, 0.2) is 42.5 Å². The van der Waals surface area contributed by atoms with Gasteiger partial charge in [-0.3, -0.25) is 24.0 Å². The summed E-state index contributed by atoms with van der Waals surface area (Å²) in [5, 5.41) is 30.4. The molecule has 4 aromatic rings. The van der Waals surface area contributed by atoms with Crippen molar-refractivity contribution in [2.75, 3.05) is 43.0 Å². The van der Waals surface area contributed by atoms with Gasteiger partial charge in [0.25, 0.3) is 11.8 Å². The van der Waals surface area contributed by atoms with Crippen LogP contribution in [0.1, 0.15) is 107 Å². The van der Waals surface area contributed by atoms with Gasteiger partial charge in [0.15, 0.2) is 11.5 Å². The summed E-state index contributed by atoms with van der Waals surface area (Å²) >= 11 is 0. The Hall–Kier alpha value is -4.85. The van der Waals surface area contributed by atoms with Gasteiger partial charge >= 0.3 is 5.97 Å². The number of benzene rings is 2. The molecule has 56 heavy (non-hydrogen) atoms. The molecule has 2 amide bonds. The molecule has 5 aliphatic rings. The number of aryl methyl sites for hydroxylation is 1. The monoisotopic (exact) mass is 760 g/mol. The number of aromatic nitrogens is 4. The quantitative estimate of drug-likeness (QED) is 0.160. The first kappa shape index (κ1) is 36.8. The molecule has 5 heterocycles. The zero-order valence-corrected chi connectivity index (χ0v) is 32.4. The second kappa shape index (κ2) is 14.3. The molecule has 2 saturated carbocycles. The number of carbonyl (C=O) groups is 3. The Morgan fingerprint density at radius 2 is 1.80 bits per heavy atom. The van der Waals surface area contributed by atoms with Crippen LogP contribution in [0.4, 0.5) is 11.4 Å². The Labute approximate surface area is 327 Å². The molecule has 13 heteroatoms. The van der Waals surface area contributed by atoms with Crippen molar-refractivity contribution in [3.05, 3.63) is 82.2 Å². The second-order valence-corrected chi connectivity index (χ2v) is 16.9. The van der Waals surface area contributed by atoms with Gasteiger partial charge in [-0.05, 0) is 117 Å². The molecule has 2 bridgehead atoms. The van der Waals surface area contributed by atoms with Crippen molar-refractivity contribution in [3.63, 3.8) is 0 Å². The number of imidazole rings is 1. The lowest BCUT2D eigenvalue weighted by molar-refractivity contribution is -0.148. The molecule has 1 unspecified atom stereocenters. The molecule has 2 aliphatic carbocycles. The Morgan fingerprint density at radius 1 is 1.00 bits per heavy atom. The van der Waals surface area contributed by atoms with Gasteiger partial charge in [-0.15, -0.1) is 0 Å². The van der Waals surface area contributed by atoms with Crippen LogP contribution in [0.3, 0.4) is 0 Å². The summed E-state index contributed by atoms with van der Waals surface area (Å²) < 4.78 is 3.87. The Kier molecular flexibility index (Phi) is 9.37. The molecule has 9 rings (SSSR count). The molecule has 0 radical (unpaired) electrons. The Bertz CT molecular complexity index is 2210. The third-order valence-corrected chi connectivity index (χ3v) is 13.8. The topological polar surface area (TPSA) is 158 Å². The number of carboxylic acids is 1. The van der Waals surface area contributed by atoms with Crippen molar-refractivity contribution in [1.29, 1.82) is 0 Å². The van der Waals surface area contributed by atoms with Crippen LogP contribution in [0.25, 0.3) is 11.1 Å². The third-order valence-electron chi connectivity index (χ3n) is 13.8. The highest BCUT2D eigenvalue weighted by Crippen LogP contribution is 2.63. The number of rotatable bonds is 11. The van der Waals surface area contributed by atoms with Crippen molar-refractivity contribution in [3.8, 4) is 11.1 Å². The van der Waals surface area contributed by atoms with E-state index in [-0.39, 0.29) is 29.9 Å². The summed E-state index contributed by atoms with van der Waals surface area (Å²) in [4.78, 5) is 48.9. The molecule has 294 valence electrons. The minimum absolute atomic E-state index is 0.0609. The molecule has 3 aliphatic heterocycles. The number of amides is 2. The zero-order chi connectivity index (χ0) is 38.8. The van der Waals surface area contributed by atoms with E-state index in [4.69, 9.17) is 10.1 Å². The smallest absolute Gasteiger partial charge is 0.309 e. The van der Waals surface area contributed by atoms with Gasteiger partial charge < -0.3 is 30.3 Å². The largest absolute Gasteiger partial charge is 0.481 e. The number of carbonyl (C=O) groups excluding carboxylic acids is 2. The van der Waals surface area contributed by atoms with Crippen molar-refractivity contribution >= 4 is 29.2 Å². The SMILES string of the molecule is Cc1c(NC(=O)c2nc3c(n2C)CCN(CCC24CCC(C(=O)O)(CC2)C4)C3)cccc1-c1cccc2c1CCN2C(=O)c1cc2n(n1)CCCC2NCCO. The first-order valence-electron chi connectivity index (χ1n) is 20.4. The maximum absolute atomic E-state index is 14.0. The van der Waals surface area contributed by atoms with E-state index in [2.05, 4.69) is 27.7 Å². The van der Waals surface area contributed by atoms with Gasteiger partial charge in [0, 0.05) is 69.3 Å². The summed E-state index contributed by atoms with van der Waals surface area (Å²) in [6.45, 7) is 6.42. The fraction of sp³-hybridized carbons (Fsp3) is 0.512. The van der Waals surface area contributed by atoms with Gasteiger partial charge in [0.1, 0.15) is 0 Å². The number of carboxylic acid groups (broad SMARTS) is 1. The van der Waals surface area contributed by atoms with Gasteiger partial charge in [-0.25, -0.2) is 4.98 Å². The van der Waals surface area contributed by atoms with E-state index in [1.165, 1.54) is 0 Å². The molecule has 0 spiro atoms. The highest BCUT2D eigenvalue weighted by Gasteiger charge is 2.57. The maximum atomic E-state index is 14.0. The van der Waals surface area contributed by atoms with Crippen LogP contribution in [-0.4, -0.2) is 85.0 Å². The number of nitrogens with one attached hydrogen (secondary N) is 2. The van der Waals surface area contributed by atoms with E-state index in [1.54, 1.807) is 0 Å². The molecule has 1 atom stereocenters. The van der Waals surface area contributed by atoms with Crippen LogP contribution < -0.4 is 15.5 Å². The lowest BCUT2D eigenvalue weighted by Crippen LogP contribution is -2.34. The third kappa shape index (κ3) is 6.24. The maximum Gasteiger partial charge on any atom is 0.309 e. The standard InChI is InChI=1S/C43H52N8O5/c1-27-28(29-7-4-10-35-30(29)11-21-50(35)40(54)33-24-37-32(44-18-23-52)9-5-19-51(37)47-33)6-3-8-31(27)46-39(53)38-45-34-25-49(20-12-36(34)48(38)2)22-17-42-13-15-43(26-42,16-14-42)41(55)56/h3-4,6-8,10,24,32,44,52H,5,9,11-23,25-26H2,1-2H3,(H,46,53)(H,55,56). The number of aliphatic carboxylic acids is 1. The van der Waals surface area contributed by atoms with Crippen LogP contribution >= 0.6 is 0 Å². The molecule has 13 nitrogen and oxygen atoms in total. The van der Waals surface area contributed by atoms with Gasteiger partial charge in [-0.2, -0.15) is 5.10 Å². The van der Waals surface area contributed by atoms with Gasteiger partial charge in [-0.1, -0.05) is 24.3 Å². The highest BCUT2D eigenvalue weighted by molar-refractivity contribution is 6.07. The molecular formula is C43H52N8O5. The normalized spacial score (nSPS) is 23.9. The average molecular weight is 761 g/mol. The van der Waals surface area contributed by atoms with E-state index >= 15 is 0 Å². The molecule has 0 saturated heterocycles. The molecule has 2 aromatic carbocycles. The zero-order valence-electron chi connectivity index (χ0n) is 32.4. The summed E-state index contributed by atoms with van der Waals surface area (Å²) in [6, 6.07) is 14.0. The number of hydrogen-bond acceptors (Lipinski definition) is 8. The lowest BCUT2D eigenvalue weighted by atomic mass is 9.80. The number of aliphatic hydroxyl groups is 1. The van der Waals surface area contributed by atoms with Crippen molar-refractivity contribution < 1.29 is 24.6 Å². The van der Waals surface area contributed by atoms with Crippen molar-refractivity contribution in [1.82, 2.24) is 29.5 Å². The highest BCUT2D eigenvalue weighted by atomic mass is 16.4. The lowest BCUT2D eigenvalue weighted by Gasteiger charge is -2.32. The van der Waals surface area contributed by atoms with E-state index < -0.39 is 11.4 Å². The average Bonchev–Trinajstić information content (AvgIpc) is 4.04. The molecular weight excluding hydrogens is 709 g/mol. The van der Waals surface area contributed by atoms with Crippen LogP contribution in [0.2, 0.25) is 0 Å². The second-order valence-electron chi connectivity index (χ2n) is 16.9.